The van der Waals surface area contributed by atoms with E-state index < -0.39 is 43.9 Å². The molecule has 0 N–H and O–H groups in total. The van der Waals surface area contributed by atoms with Crippen LogP contribution in [0.2, 0.25) is 0 Å². The molecule has 0 aliphatic carbocycles. The summed E-state index contributed by atoms with van der Waals surface area (Å²) in [5.41, 5.74) is 1.61. The zero-order chi connectivity index (χ0) is 19.4. The number of hydrogen-bond donors (Lipinski definition) is 0. The van der Waals surface area contributed by atoms with Gasteiger partial charge in [-0.1, -0.05) is 11.1 Å². The third-order valence-corrected chi connectivity index (χ3v) is 10.2. The molecule has 4 heterocycles. The second-order valence-electron chi connectivity index (χ2n) is 8.15. The highest BCUT2D eigenvalue weighted by atomic mass is 32.2. The van der Waals surface area contributed by atoms with Gasteiger partial charge in [-0.2, -0.15) is 0 Å². The van der Waals surface area contributed by atoms with Gasteiger partial charge in [-0.3, -0.25) is 4.21 Å². The lowest BCUT2D eigenvalue weighted by Crippen LogP contribution is -2.52. The summed E-state index contributed by atoms with van der Waals surface area (Å²) >= 11 is 0. The van der Waals surface area contributed by atoms with Gasteiger partial charge in [0.2, 0.25) is 0 Å². The quantitative estimate of drug-likeness (QED) is 0.536. The number of carbonyl (C=O) groups excluding carboxylic acids is 2. The number of esters is 2. The maximum atomic E-state index is 13.6. The van der Waals surface area contributed by atoms with Crippen LogP contribution in [-0.4, -0.2) is 51.6 Å². The van der Waals surface area contributed by atoms with E-state index in [9.17, 15) is 13.8 Å². The van der Waals surface area contributed by atoms with Gasteiger partial charge in [-0.05, 0) is 34.6 Å². The van der Waals surface area contributed by atoms with Crippen molar-refractivity contribution < 1.29 is 28.0 Å². The lowest BCUT2D eigenvalue weighted by Gasteiger charge is -2.43. The summed E-state index contributed by atoms with van der Waals surface area (Å²) in [6.07, 6.45) is -0.620. The van der Waals surface area contributed by atoms with E-state index >= 15 is 0 Å². The number of carbonyl (C=O) groups is 2. The van der Waals surface area contributed by atoms with Crippen molar-refractivity contribution in [2.75, 3.05) is 14.2 Å². The van der Waals surface area contributed by atoms with Gasteiger partial charge in [0.25, 0.3) is 0 Å². The van der Waals surface area contributed by atoms with Crippen molar-refractivity contribution in [2.45, 2.75) is 55.8 Å². The van der Waals surface area contributed by atoms with Gasteiger partial charge in [-0.25, -0.2) is 9.59 Å². The number of hydrogen-bond acceptors (Lipinski definition) is 6. The normalized spacial score (nSPS) is 48.3. The van der Waals surface area contributed by atoms with Crippen LogP contribution in [-0.2, 0) is 34.6 Å². The number of ether oxygens (including phenoxy) is 3. The number of methoxy groups -OCH3 is 2. The minimum absolute atomic E-state index is 0.149. The van der Waals surface area contributed by atoms with Crippen LogP contribution >= 0.6 is 0 Å². The maximum Gasteiger partial charge on any atom is 0.337 e. The van der Waals surface area contributed by atoms with E-state index in [0.717, 1.165) is 11.1 Å². The van der Waals surface area contributed by atoms with E-state index in [0.29, 0.717) is 0 Å². The van der Waals surface area contributed by atoms with E-state index in [1.165, 1.54) is 14.2 Å². The monoisotopic (exact) mass is 380 g/mol. The summed E-state index contributed by atoms with van der Waals surface area (Å²) in [5.74, 6) is -1.49. The molecule has 0 amide bonds. The van der Waals surface area contributed by atoms with E-state index in [-0.39, 0.29) is 23.0 Å². The fourth-order valence-electron chi connectivity index (χ4n) is 6.19. The van der Waals surface area contributed by atoms with Gasteiger partial charge in [0, 0.05) is 22.6 Å². The van der Waals surface area contributed by atoms with Crippen LogP contribution in [0.4, 0.5) is 0 Å². The molecule has 7 heteroatoms. The number of rotatable bonds is 2. The first-order chi connectivity index (χ1) is 12.0. The highest BCUT2D eigenvalue weighted by Crippen LogP contribution is 2.73. The van der Waals surface area contributed by atoms with Crippen LogP contribution in [0.3, 0.4) is 0 Å². The van der Waals surface area contributed by atoms with Crippen molar-refractivity contribution in [3.63, 3.8) is 0 Å². The second kappa shape index (κ2) is 4.87. The Morgan fingerprint density at radius 1 is 1.00 bits per heavy atom. The summed E-state index contributed by atoms with van der Waals surface area (Å²) in [7, 11) is 1.40. The van der Waals surface area contributed by atoms with E-state index in [1.54, 1.807) is 0 Å². The Morgan fingerprint density at radius 3 is 2.08 bits per heavy atom. The minimum atomic E-state index is -1.17. The van der Waals surface area contributed by atoms with Gasteiger partial charge < -0.3 is 14.2 Å². The fraction of sp³-hybridized carbons (Fsp3) is 0.684. The highest BCUT2D eigenvalue weighted by Gasteiger charge is 2.81. The predicted molar refractivity (Wildman–Crippen MR) is 94.6 cm³/mol. The van der Waals surface area contributed by atoms with Gasteiger partial charge in [-0.15, -0.1) is 0 Å². The summed E-state index contributed by atoms with van der Waals surface area (Å²) in [6.45, 7) is 9.86. The van der Waals surface area contributed by atoms with Gasteiger partial charge in [0.1, 0.15) is 5.60 Å². The van der Waals surface area contributed by atoms with Crippen molar-refractivity contribution in [1.29, 1.82) is 0 Å². The molecule has 0 aromatic rings. The Kier molecular flexibility index (Phi) is 3.36. The molecule has 0 spiro atoms. The molecule has 26 heavy (non-hydrogen) atoms. The Bertz CT molecular complexity index is 856. The Hall–Kier alpha value is -1.47. The highest BCUT2D eigenvalue weighted by molar-refractivity contribution is 7.89. The molecular formula is C19H24O6S. The van der Waals surface area contributed by atoms with Crippen molar-refractivity contribution in [2.24, 2.45) is 11.8 Å². The summed E-state index contributed by atoms with van der Waals surface area (Å²) in [5, 5.41) is 0. The molecule has 4 bridgehead atoms. The van der Waals surface area contributed by atoms with Crippen LogP contribution in [0.25, 0.3) is 0 Å². The zero-order valence-corrected chi connectivity index (χ0v) is 16.9. The molecule has 2 fully saturated rings. The Balaban J connectivity index is 2.01. The Morgan fingerprint density at radius 2 is 1.54 bits per heavy atom. The zero-order valence-electron chi connectivity index (χ0n) is 16.1. The molecule has 1 unspecified atom stereocenters. The smallest absolute Gasteiger partial charge is 0.337 e. The third kappa shape index (κ3) is 1.50. The first-order valence-electron chi connectivity index (χ1n) is 8.72. The minimum Gasteiger partial charge on any atom is -0.466 e. The third-order valence-electron chi connectivity index (χ3n) is 7.55. The molecule has 4 aliphatic rings. The molecule has 0 saturated carbocycles. The number of fused-ring (bicyclic) bond motifs is 9. The van der Waals surface area contributed by atoms with Crippen LogP contribution in [0, 0.1) is 11.8 Å². The predicted octanol–water partition coefficient (Wildman–Crippen LogP) is 1.66. The van der Waals surface area contributed by atoms with Crippen LogP contribution in [0.1, 0.15) is 34.6 Å². The van der Waals surface area contributed by atoms with Gasteiger partial charge in [0.15, 0.2) is 0 Å². The SMILES string of the molecule is COC(=O)C1=C(C(=O)OC)[C@]2(C)O[C@H]1[C@@H]1[C@H]2[C@]2(C)C(C)=C(C)[C@@]1(C)S2=O. The largest absolute Gasteiger partial charge is 0.466 e. The van der Waals surface area contributed by atoms with Crippen molar-refractivity contribution in [3.05, 3.63) is 22.3 Å². The second-order valence-corrected chi connectivity index (χ2v) is 10.4. The molecule has 142 valence electrons. The summed E-state index contributed by atoms with van der Waals surface area (Å²) < 4.78 is 28.6. The summed E-state index contributed by atoms with van der Waals surface area (Å²) in [4.78, 5) is 25.1. The molecule has 4 rings (SSSR count). The lowest BCUT2D eigenvalue weighted by atomic mass is 9.56. The standard InChI is InChI=1S/C19H24O6S/c1-8-9(2)19(5)14-12(18(8,4)26(19)22)13-10(15(20)23-6)11(16(21)24-7)17(14,3)25-13/h12-14H,1-7H3/t12-,13-,14-,17+,18-,19+,26?/m1/s1. The van der Waals surface area contributed by atoms with Crippen LogP contribution in [0.15, 0.2) is 22.3 Å². The van der Waals surface area contributed by atoms with E-state index in [1.807, 2.05) is 34.6 Å². The molecular weight excluding hydrogens is 356 g/mol. The first-order valence-corrected chi connectivity index (χ1v) is 9.87. The first kappa shape index (κ1) is 17.9. The average molecular weight is 380 g/mol. The lowest BCUT2D eigenvalue weighted by molar-refractivity contribution is -0.140. The average Bonchev–Trinajstić information content (AvgIpc) is 3.20. The van der Waals surface area contributed by atoms with Crippen molar-refractivity contribution in [1.82, 2.24) is 0 Å². The molecule has 4 aliphatic heterocycles. The molecule has 6 nitrogen and oxygen atoms in total. The van der Waals surface area contributed by atoms with Crippen molar-refractivity contribution in [3.8, 4) is 0 Å². The molecule has 7 atom stereocenters. The van der Waals surface area contributed by atoms with Gasteiger partial charge in [0.05, 0.1) is 41.0 Å². The fourth-order valence-corrected chi connectivity index (χ4v) is 9.05. The molecule has 2 saturated heterocycles. The molecule has 0 aromatic carbocycles. The van der Waals surface area contributed by atoms with Gasteiger partial charge >= 0.3 is 11.9 Å². The topological polar surface area (TPSA) is 78.9 Å². The van der Waals surface area contributed by atoms with E-state index in [2.05, 4.69) is 0 Å². The maximum absolute atomic E-state index is 13.6. The summed E-state index contributed by atoms with van der Waals surface area (Å²) in [6, 6.07) is 0. The van der Waals surface area contributed by atoms with Crippen LogP contribution in [0.5, 0.6) is 0 Å². The molecule has 0 aromatic heterocycles. The Labute approximate surface area is 155 Å². The van der Waals surface area contributed by atoms with Crippen LogP contribution < -0.4 is 0 Å². The van der Waals surface area contributed by atoms with E-state index in [4.69, 9.17) is 14.2 Å². The van der Waals surface area contributed by atoms with Crippen molar-refractivity contribution >= 4 is 22.7 Å². The molecule has 0 radical (unpaired) electrons.